The van der Waals surface area contributed by atoms with Crippen molar-refractivity contribution in [3.8, 4) is 0 Å². The largest absolute Gasteiger partial charge is 0.316 e. The Bertz CT molecular complexity index is 237. The molecule has 1 N–H and O–H groups in total. The summed E-state index contributed by atoms with van der Waals surface area (Å²) < 4.78 is 0. The van der Waals surface area contributed by atoms with Gasteiger partial charge in [-0.2, -0.15) is 0 Å². The highest BCUT2D eigenvalue weighted by atomic mass is 15.3. The number of piperazine rings is 1. The highest BCUT2D eigenvalue weighted by Crippen LogP contribution is 2.15. The van der Waals surface area contributed by atoms with E-state index < -0.39 is 0 Å². The zero-order valence-corrected chi connectivity index (χ0v) is 14.5. The van der Waals surface area contributed by atoms with E-state index in [4.69, 9.17) is 0 Å². The number of rotatable bonds is 8. The Hall–Kier alpha value is -0.120. The smallest absolute Gasteiger partial charge is 0.0126 e. The van der Waals surface area contributed by atoms with Gasteiger partial charge in [0.1, 0.15) is 0 Å². The van der Waals surface area contributed by atoms with Crippen molar-refractivity contribution in [3.63, 3.8) is 0 Å². The van der Waals surface area contributed by atoms with Gasteiger partial charge in [-0.15, -0.1) is 0 Å². The van der Waals surface area contributed by atoms with Gasteiger partial charge in [-0.25, -0.2) is 0 Å². The molecule has 1 rings (SSSR count). The predicted molar refractivity (Wildman–Crippen MR) is 89.3 cm³/mol. The fraction of sp³-hybridized carbons (Fsp3) is 1.00. The van der Waals surface area contributed by atoms with Gasteiger partial charge in [0, 0.05) is 31.7 Å². The Morgan fingerprint density at radius 3 is 2.15 bits per heavy atom. The van der Waals surface area contributed by atoms with Gasteiger partial charge in [0.25, 0.3) is 0 Å². The molecule has 0 amide bonds. The van der Waals surface area contributed by atoms with Crippen molar-refractivity contribution in [2.24, 2.45) is 5.92 Å². The lowest BCUT2D eigenvalue weighted by molar-refractivity contribution is 0.0616. The van der Waals surface area contributed by atoms with Crippen molar-refractivity contribution >= 4 is 0 Å². The molecule has 1 aliphatic rings. The summed E-state index contributed by atoms with van der Waals surface area (Å²) in [5, 5.41) is 3.53. The molecule has 0 saturated carbocycles. The van der Waals surface area contributed by atoms with E-state index in [0.717, 1.165) is 12.5 Å². The van der Waals surface area contributed by atoms with Crippen LogP contribution >= 0.6 is 0 Å². The first kappa shape index (κ1) is 17.9. The maximum absolute atomic E-state index is 3.53. The molecule has 0 aromatic heterocycles. The van der Waals surface area contributed by atoms with Crippen molar-refractivity contribution in [2.75, 3.05) is 45.8 Å². The molecule has 0 radical (unpaired) electrons. The van der Waals surface area contributed by atoms with Crippen LogP contribution in [0.3, 0.4) is 0 Å². The monoisotopic (exact) mass is 283 g/mol. The first-order valence-corrected chi connectivity index (χ1v) is 8.57. The maximum atomic E-state index is 3.53. The van der Waals surface area contributed by atoms with Gasteiger partial charge in [-0.3, -0.25) is 4.90 Å². The van der Waals surface area contributed by atoms with Crippen molar-refractivity contribution in [1.29, 1.82) is 0 Å². The maximum Gasteiger partial charge on any atom is 0.0126 e. The lowest BCUT2D eigenvalue weighted by Crippen LogP contribution is -2.53. The summed E-state index contributed by atoms with van der Waals surface area (Å²) >= 11 is 0. The Balaban J connectivity index is 1.97. The summed E-state index contributed by atoms with van der Waals surface area (Å²) in [4.78, 5) is 5.25. The Kier molecular flexibility index (Phi) is 8.08. The SMILES string of the molecule is CC(C)CNCCCCCN1CCN(C(C)(C)C)CC1. The second kappa shape index (κ2) is 9.01. The van der Waals surface area contributed by atoms with Crippen LogP contribution in [0.25, 0.3) is 0 Å². The van der Waals surface area contributed by atoms with E-state index >= 15 is 0 Å². The number of nitrogens with one attached hydrogen (secondary N) is 1. The van der Waals surface area contributed by atoms with Crippen molar-refractivity contribution in [3.05, 3.63) is 0 Å². The van der Waals surface area contributed by atoms with E-state index in [1.807, 2.05) is 0 Å². The van der Waals surface area contributed by atoms with E-state index in [1.165, 1.54) is 58.5 Å². The standard InChI is InChI=1S/C17H37N3/c1-16(2)15-18-9-7-6-8-10-19-11-13-20(14-12-19)17(3,4)5/h16,18H,6-15H2,1-5H3. The summed E-state index contributed by atoms with van der Waals surface area (Å²) in [6.45, 7) is 20.1. The van der Waals surface area contributed by atoms with Gasteiger partial charge >= 0.3 is 0 Å². The van der Waals surface area contributed by atoms with Crippen LogP contribution in [0.15, 0.2) is 0 Å². The summed E-state index contributed by atoms with van der Waals surface area (Å²) in [7, 11) is 0. The average molecular weight is 284 g/mol. The van der Waals surface area contributed by atoms with Crippen LogP contribution in [0, 0.1) is 5.92 Å². The van der Waals surface area contributed by atoms with Crippen LogP contribution < -0.4 is 5.32 Å². The summed E-state index contributed by atoms with van der Waals surface area (Å²) in [5.41, 5.74) is 0.341. The van der Waals surface area contributed by atoms with E-state index in [1.54, 1.807) is 0 Å². The second-order valence-corrected chi connectivity index (χ2v) is 7.66. The molecule has 120 valence electrons. The van der Waals surface area contributed by atoms with Crippen LogP contribution in [0.4, 0.5) is 0 Å². The number of nitrogens with zero attached hydrogens (tertiary/aromatic N) is 2. The van der Waals surface area contributed by atoms with E-state index in [9.17, 15) is 0 Å². The van der Waals surface area contributed by atoms with Crippen molar-refractivity contribution < 1.29 is 0 Å². The molecule has 3 nitrogen and oxygen atoms in total. The van der Waals surface area contributed by atoms with Gasteiger partial charge in [-0.1, -0.05) is 20.3 Å². The normalized spacial score (nSPS) is 18.9. The molecule has 0 unspecified atom stereocenters. The van der Waals surface area contributed by atoms with E-state index in [-0.39, 0.29) is 0 Å². The molecule has 0 aromatic carbocycles. The number of unbranched alkanes of at least 4 members (excludes halogenated alkanes) is 2. The lowest BCUT2D eigenvalue weighted by atomic mass is 10.0. The minimum absolute atomic E-state index is 0.341. The summed E-state index contributed by atoms with van der Waals surface area (Å²) in [6, 6.07) is 0. The highest BCUT2D eigenvalue weighted by molar-refractivity contribution is 4.81. The molecule has 3 heteroatoms. The zero-order valence-electron chi connectivity index (χ0n) is 14.5. The fourth-order valence-corrected chi connectivity index (χ4v) is 2.80. The van der Waals surface area contributed by atoms with Gasteiger partial charge in [0.15, 0.2) is 0 Å². The molecular weight excluding hydrogens is 246 g/mol. The number of hydrogen-bond acceptors (Lipinski definition) is 3. The molecule has 0 atom stereocenters. The Labute approximate surface area is 127 Å². The molecular formula is C17H37N3. The first-order valence-electron chi connectivity index (χ1n) is 8.57. The molecule has 20 heavy (non-hydrogen) atoms. The van der Waals surface area contributed by atoms with Gasteiger partial charge < -0.3 is 10.2 Å². The zero-order chi connectivity index (χ0) is 15.0. The summed E-state index contributed by atoms with van der Waals surface area (Å²) in [5.74, 6) is 0.772. The lowest BCUT2D eigenvalue weighted by Gasteiger charge is -2.42. The van der Waals surface area contributed by atoms with Gasteiger partial charge in [0.05, 0.1) is 0 Å². The highest BCUT2D eigenvalue weighted by Gasteiger charge is 2.25. The fourth-order valence-electron chi connectivity index (χ4n) is 2.80. The molecule has 1 saturated heterocycles. The average Bonchev–Trinajstić information content (AvgIpc) is 2.37. The minimum Gasteiger partial charge on any atom is -0.316 e. The molecule has 0 aromatic rings. The molecule has 1 fully saturated rings. The molecule has 0 bridgehead atoms. The van der Waals surface area contributed by atoms with Crippen LogP contribution in [-0.4, -0.2) is 61.2 Å². The minimum atomic E-state index is 0.341. The van der Waals surface area contributed by atoms with E-state index in [0.29, 0.717) is 5.54 Å². The van der Waals surface area contributed by atoms with Gasteiger partial charge in [0.2, 0.25) is 0 Å². The first-order chi connectivity index (χ1) is 9.39. The van der Waals surface area contributed by atoms with Crippen molar-refractivity contribution in [2.45, 2.75) is 59.4 Å². The molecule has 1 aliphatic heterocycles. The quantitative estimate of drug-likeness (QED) is 0.691. The Morgan fingerprint density at radius 1 is 0.950 bits per heavy atom. The third kappa shape index (κ3) is 7.61. The number of hydrogen-bond donors (Lipinski definition) is 1. The second-order valence-electron chi connectivity index (χ2n) is 7.66. The van der Waals surface area contributed by atoms with Gasteiger partial charge in [-0.05, 0) is 59.2 Å². The van der Waals surface area contributed by atoms with Crippen LogP contribution in [0.1, 0.15) is 53.9 Å². The van der Waals surface area contributed by atoms with E-state index in [2.05, 4.69) is 49.7 Å². The van der Waals surface area contributed by atoms with Crippen molar-refractivity contribution in [1.82, 2.24) is 15.1 Å². The van der Waals surface area contributed by atoms with Crippen LogP contribution in [0.2, 0.25) is 0 Å². The topological polar surface area (TPSA) is 18.5 Å². The molecule has 0 aliphatic carbocycles. The molecule has 0 spiro atoms. The van der Waals surface area contributed by atoms with Crippen LogP contribution in [-0.2, 0) is 0 Å². The Morgan fingerprint density at radius 2 is 1.60 bits per heavy atom. The predicted octanol–water partition coefficient (Wildman–Crippen LogP) is 2.82. The third-order valence-electron chi connectivity index (χ3n) is 4.20. The van der Waals surface area contributed by atoms with Crippen LogP contribution in [0.5, 0.6) is 0 Å². The summed E-state index contributed by atoms with van der Waals surface area (Å²) in [6.07, 6.45) is 4.05. The molecule has 1 heterocycles. The third-order valence-corrected chi connectivity index (χ3v) is 4.20.